The Morgan fingerprint density at radius 1 is 1.15 bits per heavy atom. The van der Waals surface area contributed by atoms with E-state index in [0.29, 0.717) is 31.6 Å². The monoisotopic (exact) mass is 469 g/mol. The fraction of sp³-hybridized carbons (Fsp3) is 0.538. The van der Waals surface area contributed by atoms with E-state index in [1.807, 2.05) is 50.3 Å². The molecule has 1 saturated heterocycles. The molecule has 1 N–H and O–H groups in total. The molecule has 4 amide bonds. The smallest absolute Gasteiger partial charge is 0.242 e. The zero-order valence-electron chi connectivity index (χ0n) is 20.3. The van der Waals surface area contributed by atoms with Gasteiger partial charge in [-0.1, -0.05) is 38.1 Å². The lowest BCUT2D eigenvalue weighted by molar-refractivity contribution is -0.144. The summed E-state index contributed by atoms with van der Waals surface area (Å²) in [5.74, 6) is -0.829. The fourth-order valence-electron chi connectivity index (χ4n) is 4.69. The Morgan fingerprint density at radius 3 is 2.41 bits per heavy atom. The third kappa shape index (κ3) is 5.66. The van der Waals surface area contributed by atoms with Crippen LogP contribution in [0.2, 0.25) is 0 Å². The Labute approximate surface area is 201 Å². The van der Waals surface area contributed by atoms with E-state index in [1.165, 1.54) is 4.90 Å². The van der Waals surface area contributed by atoms with Gasteiger partial charge in [0.2, 0.25) is 23.6 Å². The third-order valence-corrected chi connectivity index (χ3v) is 6.57. The van der Waals surface area contributed by atoms with E-state index in [1.54, 1.807) is 12.0 Å². The molecular weight excluding hydrogens is 434 g/mol. The molecule has 1 heterocycles. The van der Waals surface area contributed by atoms with Gasteiger partial charge in [-0.3, -0.25) is 24.1 Å². The predicted molar refractivity (Wildman–Crippen MR) is 128 cm³/mol. The third-order valence-electron chi connectivity index (χ3n) is 6.57. The van der Waals surface area contributed by atoms with Gasteiger partial charge in [-0.2, -0.15) is 0 Å². The lowest BCUT2D eigenvalue weighted by atomic mass is 9.85. The normalized spacial score (nSPS) is 20.1. The first-order chi connectivity index (χ1) is 16.4. The Bertz CT molecular complexity index is 918. The van der Waals surface area contributed by atoms with Crippen LogP contribution in [0.25, 0.3) is 0 Å². The number of likely N-dealkylation sites (tertiary alicyclic amines) is 1. The number of nitrogens with one attached hydrogen (secondary N) is 1. The van der Waals surface area contributed by atoms with Gasteiger partial charge in [0.25, 0.3) is 0 Å². The average molecular weight is 470 g/mol. The van der Waals surface area contributed by atoms with Gasteiger partial charge in [0.1, 0.15) is 11.8 Å². The van der Waals surface area contributed by atoms with Gasteiger partial charge in [0.15, 0.2) is 0 Å². The summed E-state index contributed by atoms with van der Waals surface area (Å²) >= 11 is 0. The average Bonchev–Trinajstić information content (AvgIpc) is 3.10. The second-order valence-electron chi connectivity index (χ2n) is 8.82. The summed E-state index contributed by atoms with van der Waals surface area (Å²) in [6, 6.07) is 6.72. The molecule has 0 aromatic heterocycles. The van der Waals surface area contributed by atoms with Crippen LogP contribution in [0.15, 0.2) is 36.4 Å². The SMILES string of the molecule is CCCNC(=O)[C@@H](CC)N(Cc1cccc(OC)c1)C(=O)CCN1C(=O)[C@H]2CC=CC[C@H]2C1=O. The fourth-order valence-corrected chi connectivity index (χ4v) is 4.69. The maximum atomic E-state index is 13.4. The Morgan fingerprint density at radius 2 is 1.82 bits per heavy atom. The lowest BCUT2D eigenvalue weighted by Crippen LogP contribution is -2.49. The molecule has 0 spiro atoms. The lowest BCUT2D eigenvalue weighted by Gasteiger charge is -2.31. The van der Waals surface area contributed by atoms with Gasteiger partial charge in [-0.05, 0) is 43.4 Å². The number of amides is 4. The number of hydrogen-bond acceptors (Lipinski definition) is 5. The van der Waals surface area contributed by atoms with Crippen molar-refractivity contribution in [1.29, 1.82) is 0 Å². The second kappa shape index (κ2) is 11.8. The molecule has 184 valence electrons. The number of methoxy groups -OCH3 is 1. The summed E-state index contributed by atoms with van der Waals surface area (Å²) in [6.45, 7) is 4.63. The van der Waals surface area contributed by atoms with Gasteiger partial charge < -0.3 is 15.0 Å². The van der Waals surface area contributed by atoms with Crippen molar-refractivity contribution in [2.75, 3.05) is 20.2 Å². The van der Waals surface area contributed by atoms with Crippen LogP contribution in [0.1, 0.15) is 51.5 Å². The van der Waals surface area contributed by atoms with Crippen LogP contribution in [0.5, 0.6) is 5.75 Å². The van der Waals surface area contributed by atoms with E-state index < -0.39 is 6.04 Å². The highest BCUT2D eigenvalue weighted by atomic mass is 16.5. The number of imide groups is 1. The number of nitrogens with zero attached hydrogens (tertiary/aromatic N) is 2. The van der Waals surface area contributed by atoms with E-state index >= 15 is 0 Å². The van der Waals surface area contributed by atoms with Crippen LogP contribution in [0.3, 0.4) is 0 Å². The number of benzene rings is 1. The molecular formula is C26H35N3O5. The highest BCUT2D eigenvalue weighted by Crippen LogP contribution is 2.35. The number of ether oxygens (including phenoxy) is 1. The molecule has 1 aromatic carbocycles. The molecule has 0 unspecified atom stereocenters. The molecule has 0 radical (unpaired) electrons. The number of carbonyl (C=O) groups is 4. The molecule has 0 saturated carbocycles. The molecule has 8 nitrogen and oxygen atoms in total. The topological polar surface area (TPSA) is 96.0 Å². The van der Waals surface area contributed by atoms with E-state index in [-0.39, 0.29) is 55.0 Å². The molecule has 2 aliphatic rings. The number of fused-ring (bicyclic) bond motifs is 1. The van der Waals surface area contributed by atoms with E-state index in [4.69, 9.17) is 4.74 Å². The first-order valence-corrected chi connectivity index (χ1v) is 12.1. The van der Waals surface area contributed by atoms with Crippen molar-refractivity contribution in [2.24, 2.45) is 11.8 Å². The van der Waals surface area contributed by atoms with Gasteiger partial charge in [0.05, 0.1) is 18.9 Å². The molecule has 1 aromatic rings. The zero-order valence-corrected chi connectivity index (χ0v) is 20.3. The first kappa shape index (κ1) is 25.5. The summed E-state index contributed by atoms with van der Waals surface area (Å²) < 4.78 is 5.30. The van der Waals surface area contributed by atoms with Crippen molar-refractivity contribution in [3.05, 3.63) is 42.0 Å². The van der Waals surface area contributed by atoms with Gasteiger partial charge >= 0.3 is 0 Å². The summed E-state index contributed by atoms with van der Waals surface area (Å²) in [7, 11) is 1.58. The summed E-state index contributed by atoms with van der Waals surface area (Å²) in [4.78, 5) is 54.6. The Hall–Kier alpha value is -3.16. The molecule has 3 rings (SSSR count). The minimum Gasteiger partial charge on any atom is -0.497 e. The quantitative estimate of drug-likeness (QED) is 0.397. The van der Waals surface area contributed by atoms with Crippen molar-refractivity contribution in [1.82, 2.24) is 15.1 Å². The second-order valence-corrected chi connectivity index (χ2v) is 8.82. The minimum absolute atomic E-state index is 0.0219. The summed E-state index contributed by atoms with van der Waals surface area (Å²) in [6.07, 6.45) is 6.24. The highest BCUT2D eigenvalue weighted by molar-refractivity contribution is 6.05. The van der Waals surface area contributed by atoms with E-state index in [9.17, 15) is 19.2 Å². The van der Waals surface area contributed by atoms with Crippen LogP contribution in [-0.4, -0.2) is 59.7 Å². The van der Waals surface area contributed by atoms with Crippen LogP contribution in [-0.2, 0) is 25.7 Å². The van der Waals surface area contributed by atoms with Crippen LogP contribution in [0.4, 0.5) is 0 Å². The highest BCUT2D eigenvalue weighted by Gasteiger charge is 2.47. The van der Waals surface area contributed by atoms with Gasteiger partial charge in [-0.25, -0.2) is 0 Å². The Balaban J connectivity index is 1.76. The van der Waals surface area contributed by atoms with Crippen molar-refractivity contribution >= 4 is 23.6 Å². The van der Waals surface area contributed by atoms with E-state index in [0.717, 1.165) is 12.0 Å². The predicted octanol–water partition coefficient (Wildman–Crippen LogP) is 2.67. The maximum absolute atomic E-state index is 13.4. The molecule has 3 atom stereocenters. The van der Waals surface area contributed by atoms with Crippen LogP contribution < -0.4 is 10.1 Å². The molecule has 1 aliphatic carbocycles. The molecule has 8 heteroatoms. The molecule has 0 bridgehead atoms. The Kier molecular flexibility index (Phi) is 8.85. The first-order valence-electron chi connectivity index (χ1n) is 12.1. The standard InChI is InChI=1S/C26H35N3O5/c1-4-14-27-24(31)22(5-2)29(17-18-9-8-10-19(16-18)34-3)23(30)13-15-28-25(32)20-11-6-7-12-21(20)26(28)33/h6-10,16,20-22H,4-5,11-15,17H2,1-3H3,(H,27,31)/t20-,21+,22-/m1/s1. The molecule has 1 aliphatic heterocycles. The van der Waals surface area contributed by atoms with Crippen molar-refractivity contribution in [2.45, 2.75) is 58.5 Å². The summed E-state index contributed by atoms with van der Waals surface area (Å²) in [5, 5.41) is 2.89. The summed E-state index contributed by atoms with van der Waals surface area (Å²) in [5.41, 5.74) is 0.833. The molecule has 34 heavy (non-hydrogen) atoms. The van der Waals surface area contributed by atoms with E-state index in [2.05, 4.69) is 5.32 Å². The number of allylic oxidation sites excluding steroid dienone is 2. The molecule has 1 fully saturated rings. The van der Waals surface area contributed by atoms with Crippen LogP contribution >= 0.6 is 0 Å². The number of carbonyl (C=O) groups excluding carboxylic acids is 4. The minimum atomic E-state index is -0.651. The zero-order chi connectivity index (χ0) is 24.7. The number of hydrogen-bond donors (Lipinski definition) is 1. The van der Waals surface area contributed by atoms with Crippen molar-refractivity contribution < 1.29 is 23.9 Å². The van der Waals surface area contributed by atoms with Gasteiger partial charge in [-0.15, -0.1) is 0 Å². The van der Waals surface area contributed by atoms with Crippen molar-refractivity contribution in [3.63, 3.8) is 0 Å². The van der Waals surface area contributed by atoms with Crippen molar-refractivity contribution in [3.8, 4) is 5.75 Å². The number of rotatable bonds is 11. The van der Waals surface area contributed by atoms with Crippen LogP contribution in [0, 0.1) is 11.8 Å². The largest absolute Gasteiger partial charge is 0.497 e. The maximum Gasteiger partial charge on any atom is 0.242 e. The van der Waals surface area contributed by atoms with Gasteiger partial charge in [0, 0.05) is 26.1 Å².